The van der Waals surface area contributed by atoms with E-state index in [1.807, 2.05) is 13.8 Å². The minimum Gasteiger partial charge on any atom is -0.379 e. The minimum absolute atomic E-state index is 0.101. The highest BCUT2D eigenvalue weighted by molar-refractivity contribution is 6.33. The number of rotatable bonds is 10. The summed E-state index contributed by atoms with van der Waals surface area (Å²) in [7, 11) is 0. The maximum Gasteiger partial charge on any atom is 0.270 e. The lowest BCUT2D eigenvalue weighted by Crippen LogP contribution is -2.40. The first-order valence-corrected chi connectivity index (χ1v) is 11.9. The smallest absolute Gasteiger partial charge is 0.270 e. The molecule has 0 unspecified atom stereocenters. The number of nitrogens with one attached hydrogen (secondary N) is 3. The molecule has 1 aliphatic rings. The van der Waals surface area contributed by atoms with Gasteiger partial charge in [-0.2, -0.15) is 0 Å². The molecule has 1 aromatic carbocycles. The van der Waals surface area contributed by atoms with Gasteiger partial charge in [-0.05, 0) is 64.2 Å². The van der Waals surface area contributed by atoms with Crippen LogP contribution in [0.5, 0.6) is 0 Å². The maximum absolute atomic E-state index is 13.2. The molecular weight excluding hydrogens is 463 g/mol. The first kappa shape index (κ1) is 25.8. The second-order valence-electron chi connectivity index (χ2n) is 8.71. The van der Waals surface area contributed by atoms with Crippen molar-refractivity contribution in [1.29, 1.82) is 0 Å². The SMILES string of the molecule is CC(C)OCCCC(=O)c1nc[nH]c1C(=O)NC1CCC(C(=O)Nc2ccc(F)cc2Cl)CC1. The second kappa shape index (κ2) is 12.1. The predicted octanol–water partition coefficient (Wildman–Crippen LogP) is 4.52. The van der Waals surface area contributed by atoms with Crippen LogP contribution in [-0.4, -0.2) is 46.3 Å². The lowest BCUT2D eigenvalue weighted by atomic mass is 9.85. The number of nitrogens with zero attached hydrogens (tertiary/aromatic N) is 1. The third-order valence-electron chi connectivity index (χ3n) is 5.75. The summed E-state index contributed by atoms with van der Waals surface area (Å²) >= 11 is 5.98. The number of Topliss-reactive ketones (excluding diaryl/α,β-unsaturated/α-hetero) is 1. The number of anilines is 1. The summed E-state index contributed by atoms with van der Waals surface area (Å²) in [5.74, 6) is -1.47. The highest BCUT2D eigenvalue weighted by atomic mass is 35.5. The van der Waals surface area contributed by atoms with E-state index in [4.69, 9.17) is 16.3 Å². The summed E-state index contributed by atoms with van der Waals surface area (Å²) in [4.78, 5) is 44.6. The average Bonchev–Trinajstić information content (AvgIpc) is 3.29. The van der Waals surface area contributed by atoms with Crippen molar-refractivity contribution in [2.24, 2.45) is 5.92 Å². The Bertz CT molecular complexity index is 1020. The zero-order valence-corrected chi connectivity index (χ0v) is 20.1. The summed E-state index contributed by atoms with van der Waals surface area (Å²) in [6.07, 6.45) is 4.64. The molecule has 1 saturated carbocycles. The highest BCUT2D eigenvalue weighted by Crippen LogP contribution is 2.28. The lowest BCUT2D eigenvalue weighted by Gasteiger charge is -2.28. The van der Waals surface area contributed by atoms with Crippen molar-refractivity contribution < 1.29 is 23.5 Å². The van der Waals surface area contributed by atoms with Gasteiger partial charge in [0.1, 0.15) is 17.2 Å². The number of imidazole rings is 1. The van der Waals surface area contributed by atoms with Gasteiger partial charge in [0, 0.05) is 25.0 Å². The molecule has 10 heteroatoms. The molecule has 3 rings (SSSR count). The largest absolute Gasteiger partial charge is 0.379 e. The van der Waals surface area contributed by atoms with Crippen molar-refractivity contribution in [3.8, 4) is 0 Å². The van der Waals surface area contributed by atoms with Crippen LogP contribution in [0.15, 0.2) is 24.5 Å². The number of carbonyl (C=O) groups excluding carboxylic acids is 3. The Morgan fingerprint density at radius 1 is 1.24 bits per heavy atom. The monoisotopic (exact) mass is 492 g/mol. The summed E-state index contributed by atoms with van der Waals surface area (Å²) in [5.41, 5.74) is 0.655. The summed E-state index contributed by atoms with van der Waals surface area (Å²) in [6.45, 7) is 4.33. The molecule has 1 aromatic heterocycles. The summed E-state index contributed by atoms with van der Waals surface area (Å²) < 4.78 is 18.6. The number of halogens is 2. The van der Waals surface area contributed by atoms with E-state index in [0.717, 1.165) is 6.07 Å². The maximum atomic E-state index is 13.2. The zero-order valence-electron chi connectivity index (χ0n) is 19.3. The molecule has 0 bridgehead atoms. The number of benzene rings is 1. The molecular formula is C24H30ClFN4O4. The van der Waals surface area contributed by atoms with Gasteiger partial charge in [-0.25, -0.2) is 9.37 Å². The average molecular weight is 493 g/mol. The van der Waals surface area contributed by atoms with E-state index in [2.05, 4.69) is 20.6 Å². The van der Waals surface area contributed by atoms with Gasteiger partial charge >= 0.3 is 0 Å². The van der Waals surface area contributed by atoms with Gasteiger partial charge in [0.05, 0.1) is 23.1 Å². The van der Waals surface area contributed by atoms with Crippen molar-refractivity contribution in [3.63, 3.8) is 0 Å². The number of H-pyrrole nitrogens is 1. The molecule has 1 aliphatic carbocycles. The molecule has 0 spiro atoms. The van der Waals surface area contributed by atoms with Gasteiger partial charge in [-0.3, -0.25) is 14.4 Å². The Morgan fingerprint density at radius 2 is 1.97 bits per heavy atom. The van der Waals surface area contributed by atoms with Gasteiger partial charge in [0.2, 0.25) is 5.91 Å². The Balaban J connectivity index is 1.47. The quantitative estimate of drug-likeness (QED) is 0.333. The molecule has 0 saturated heterocycles. The summed E-state index contributed by atoms with van der Waals surface area (Å²) in [6, 6.07) is 3.71. The van der Waals surface area contributed by atoms with E-state index in [1.54, 1.807) is 0 Å². The molecule has 0 aliphatic heterocycles. The molecule has 3 N–H and O–H groups in total. The predicted molar refractivity (Wildman–Crippen MR) is 126 cm³/mol. The number of ketones is 1. The van der Waals surface area contributed by atoms with Crippen LogP contribution >= 0.6 is 11.6 Å². The first-order valence-electron chi connectivity index (χ1n) is 11.5. The van der Waals surface area contributed by atoms with Gasteiger partial charge in [0.15, 0.2) is 5.78 Å². The van der Waals surface area contributed by atoms with E-state index in [0.29, 0.717) is 44.4 Å². The van der Waals surface area contributed by atoms with Crippen molar-refractivity contribution in [1.82, 2.24) is 15.3 Å². The van der Waals surface area contributed by atoms with Crippen molar-refractivity contribution >= 4 is 34.9 Å². The van der Waals surface area contributed by atoms with E-state index < -0.39 is 5.82 Å². The van der Waals surface area contributed by atoms with Crippen LogP contribution in [0.4, 0.5) is 10.1 Å². The van der Waals surface area contributed by atoms with Crippen LogP contribution in [0, 0.1) is 11.7 Å². The van der Waals surface area contributed by atoms with Crippen LogP contribution in [0.25, 0.3) is 0 Å². The van der Waals surface area contributed by atoms with Crippen LogP contribution in [0.2, 0.25) is 5.02 Å². The Labute approximate surface area is 203 Å². The van der Waals surface area contributed by atoms with Crippen LogP contribution < -0.4 is 10.6 Å². The zero-order chi connectivity index (χ0) is 24.7. The van der Waals surface area contributed by atoms with Crippen LogP contribution in [0.1, 0.15) is 73.3 Å². The van der Waals surface area contributed by atoms with Gasteiger partial charge in [0.25, 0.3) is 5.91 Å². The van der Waals surface area contributed by atoms with Gasteiger partial charge in [-0.1, -0.05) is 11.6 Å². The standard InChI is InChI=1S/C24H30ClFN4O4/c1-14(2)34-11-3-4-20(31)21-22(28-13-27-21)24(33)29-17-8-5-15(6-9-17)23(32)30-19-10-7-16(26)12-18(19)25/h7,10,12-15,17H,3-6,8-9,11H2,1-2H3,(H,27,28)(H,29,33)(H,30,32). The number of hydrogen-bond donors (Lipinski definition) is 3. The molecule has 2 amide bonds. The van der Waals surface area contributed by atoms with E-state index in [1.165, 1.54) is 18.5 Å². The fourth-order valence-corrected chi connectivity index (χ4v) is 4.15. The highest BCUT2D eigenvalue weighted by Gasteiger charge is 2.29. The van der Waals surface area contributed by atoms with Crippen LogP contribution in [-0.2, 0) is 9.53 Å². The number of carbonyl (C=O) groups is 3. The van der Waals surface area contributed by atoms with Crippen LogP contribution in [0.3, 0.4) is 0 Å². The normalized spacial score (nSPS) is 18.0. The fraction of sp³-hybridized carbons (Fsp3) is 0.500. The third-order valence-corrected chi connectivity index (χ3v) is 6.06. The van der Waals surface area contributed by atoms with Gasteiger partial charge in [-0.15, -0.1) is 0 Å². The molecule has 0 atom stereocenters. The molecule has 8 nitrogen and oxygen atoms in total. The molecule has 1 fully saturated rings. The van der Waals surface area contributed by atoms with E-state index in [9.17, 15) is 18.8 Å². The molecule has 0 radical (unpaired) electrons. The first-order chi connectivity index (χ1) is 16.2. The Kier molecular flexibility index (Phi) is 9.18. The molecule has 34 heavy (non-hydrogen) atoms. The number of amides is 2. The second-order valence-corrected chi connectivity index (χ2v) is 9.12. The molecule has 1 heterocycles. The minimum atomic E-state index is -0.471. The Hall–Kier alpha value is -2.78. The van der Waals surface area contributed by atoms with E-state index in [-0.39, 0.29) is 58.5 Å². The van der Waals surface area contributed by atoms with Gasteiger partial charge < -0.3 is 20.4 Å². The fourth-order valence-electron chi connectivity index (χ4n) is 3.93. The molecule has 184 valence electrons. The van der Waals surface area contributed by atoms with Crippen molar-refractivity contribution in [2.75, 3.05) is 11.9 Å². The third kappa shape index (κ3) is 7.11. The van der Waals surface area contributed by atoms with Crippen molar-refractivity contribution in [3.05, 3.63) is 46.8 Å². The molecule has 2 aromatic rings. The number of aromatic amines is 1. The number of ether oxygens (including phenoxy) is 1. The number of hydrogen-bond acceptors (Lipinski definition) is 5. The van der Waals surface area contributed by atoms with E-state index >= 15 is 0 Å². The topological polar surface area (TPSA) is 113 Å². The summed E-state index contributed by atoms with van der Waals surface area (Å²) in [5, 5.41) is 5.83. The number of aromatic nitrogens is 2. The lowest BCUT2D eigenvalue weighted by molar-refractivity contribution is -0.120. The van der Waals surface area contributed by atoms with Crippen molar-refractivity contribution in [2.45, 2.75) is 64.5 Å². The Morgan fingerprint density at radius 3 is 2.65 bits per heavy atom.